The van der Waals surface area contributed by atoms with Crippen molar-refractivity contribution in [3.63, 3.8) is 0 Å². The van der Waals surface area contributed by atoms with Crippen molar-refractivity contribution < 1.29 is 9.53 Å². The summed E-state index contributed by atoms with van der Waals surface area (Å²) in [5, 5.41) is 0. The first-order valence-electron chi connectivity index (χ1n) is 8.57. The molecular formula is C18H27N3O2. The minimum Gasteiger partial charge on any atom is -0.497 e. The molecule has 0 unspecified atom stereocenters. The first kappa shape index (κ1) is 16.1. The number of methoxy groups -OCH3 is 1. The lowest BCUT2D eigenvalue weighted by atomic mass is 9.95. The Labute approximate surface area is 138 Å². The molecule has 0 aromatic heterocycles. The van der Waals surface area contributed by atoms with Gasteiger partial charge in [-0.05, 0) is 44.0 Å². The second-order valence-corrected chi connectivity index (χ2v) is 6.55. The molecule has 0 spiro atoms. The number of likely N-dealkylation sites (N-methyl/N-ethyl adjacent to an activating group) is 1. The van der Waals surface area contributed by atoms with Gasteiger partial charge in [-0.3, -0.25) is 0 Å². The van der Waals surface area contributed by atoms with E-state index in [1.807, 2.05) is 17.0 Å². The van der Waals surface area contributed by atoms with E-state index in [-0.39, 0.29) is 12.1 Å². The summed E-state index contributed by atoms with van der Waals surface area (Å²) in [6.45, 7) is 4.44. The van der Waals surface area contributed by atoms with Crippen molar-refractivity contribution in [2.75, 3.05) is 46.9 Å². The largest absolute Gasteiger partial charge is 0.497 e. The van der Waals surface area contributed by atoms with Crippen LogP contribution < -0.4 is 4.74 Å². The summed E-state index contributed by atoms with van der Waals surface area (Å²) in [6, 6.07) is 8.53. The number of carbonyl (C=O) groups is 1. The molecular weight excluding hydrogens is 290 g/mol. The Morgan fingerprint density at radius 2 is 1.91 bits per heavy atom. The lowest BCUT2D eigenvalue weighted by molar-refractivity contribution is 0.0949. The highest BCUT2D eigenvalue weighted by atomic mass is 16.5. The summed E-state index contributed by atoms with van der Waals surface area (Å²) in [6.07, 6.45) is 3.31. The van der Waals surface area contributed by atoms with Gasteiger partial charge in [0.2, 0.25) is 0 Å². The van der Waals surface area contributed by atoms with Gasteiger partial charge in [-0.25, -0.2) is 4.79 Å². The summed E-state index contributed by atoms with van der Waals surface area (Å²) in [7, 11) is 3.80. The number of amides is 2. The molecule has 2 heterocycles. The maximum atomic E-state index is 13.0. The van der Waals surface area contributed by atoms with Crippen LogP contribution in [0.5, 0.6) is 5.75 Å². The molecule has 0 aliphatic carbocycles. The standard InChI is InChI=1S/C18H27N3O2/c1-19-10-12-20(13-11-19)18(22)21-9-4-3-8-17(21)15-6-5-7-16(14-15)23-2/h5-7,14,17H,3-4,8-13H2,1-2H3/t17-/m1/s1. The predicted octanol–water partition coefficient (Wildman–Crippen LogP) is 2.59. The Balaban J connectivity index is 1.76. The zero-order chi connectivity index (χ0) is 16.2. The highest BCUT2D eigenvalue weighted by Crippen LogP contribution is 2.33. The molecule has 2 saturated heterocycles. The van der Waals surface area contributed by atoms with E-state index in [0.717, 1.165) is 51.3 Å². The van der Waals surface area contributed by atoms with Crippen molar-refractivity contribution in [3.05, 3.63) is 29.8 Å². The van der Waals surface area contributed by atoms with Gasteiger partial charge in [-0.2, -0.15) is 0 Å². The summed E-state index contributed by atoms with van der Waals surface area (Å²) < 4.78 is 5.35. The lowest BCUT2D eigenvalue weighted by Gasteiger charge is -2.41. The fraction of sp³-hybridized carbons (Fsp3) is 0.611. The Morgan fingerprint density at radius 3 is 2.65 bits per heavy atom. The first-order valence-corrected chi connectivity index (χ1v) is 8.57. The van der Waals surface area contributed by atoms with Crippen LogP contribution in [0.3, 0.4) is 0 Å². The molecule has 0 bridgehead atoms. The zero-order valence-corrected chi connectivity index (χ0v) is 14.2. The number of piperazine rings is 1. The Hall–Kier alpha value is -1.75. The number of benzene rings is 1. The number of nitrogens with zero attached hydrogens (tertiary/aromatic N) is 3. The first-order chi connectivity index (χ1) is 11.2. The number of hydrogen-bond donors (Lipinski definition) is 0. The van der Waals surface area contributed by atoms with Crippen molar-refractivity contribution in [2.45, 2.75) is 25.3 Å². The van der Waals surface area contributed by atoms with E-state index in [4.69, 9.17) is 4.74 Å². The van der Waals surface area contributed by atoms with E-state index in [9.17, 15) is 4.79 Å². The monoisotopic (exact) mass is 317 g/mol. The topological polar surface area (TPSA) is 36.0 Å². The number of rotatable bonds is 2. The summed E-state index contributed by atoms with van der Waals surface area (Å²) in [5.41, 5.74) is 1.19. The van der Waals surface area contributed by atoms with Crippen molar-refractivity contribution in [1.82, 2.24) is 14.7 Å². The van der Waals surface area contributed by atoms with Crippen LogP contribution in [0.25, 0.3) is 0 Å². The van der Waals surface area contributed by atoms with Crippen molar-refractivity contribution in [1.29, 1.82) is 0 Å². The molecule has 0 N–H and O–H groups in total. The number of hydrogen-bond acceptors (Lipinski definition) is 3. The van der Waals surface area contributed by atoms with Crippen molar-refractivity contribution in [2.24, 2.45) is 0 Å². The van der Waals surface area contributed by atoms with E-state index in [1.54, 1.807) is 7.11 Å². The van der Waals surface area contributed by atoms with Crippen LogP contribution in [-0.2, 0) is 0 Å². The van der Waals surface area contributed by atoms with Crippen molar-refractivity contribution in [3.8, 4) is 5.75 Å². The average molecular weight is 317 g/mol. The molecule has 1 aromatic rings. The van der Waals surface area contributed by atoms with Crippen LogP contribution in [-0.4, -0.2) is 67.6 Å². The van der Waals surface area contributed by atoms with Gasteiger partial charge in [-0.1, -0.05) is 12.1 Å². The zero-order valence-electron chi connectivity index (χ0n) is 14.2. The van der Waals surface area contributed by atoms with E-state index in [1.165, 1.54) is 12.0 Å². The Morgan fingerprint density at radius 1 is 1.13 bits per heavy atom. The van der Waals surface area contributed by atoms with Gasteiger partial charge < -0.3 is 19.4 Å². The number of urea groups is 1. The average Bonchev–Trinajstić information content (AvgIpc) is 2.62. The normalized spacial score (nSPS) is 23.0. The van der Waals surface area contributed by atoms with Gasteiger partial charge in [0.1, 0.15) is 5.75 Å². The van der Waals surface area contributed by atoms with Crippen molar-refractivity contribution >= 4 is 6.03 Å². The van der Waals surface area contributed by atoms with E-state index >= 15 is 0 Å². The summed E-state index contributed by atoms with van der Waals surface area (Å²) in [5.74, 6) is 0.861. The molecule has 3 rings (SSSR count). The van der Waals surface area contributed by atoms with E-state index in [0.29, 0.717) is 0 Å². The minimum atomic E-state index is 0.172. The Kier molecular flexibility index (Phi) is 5.06. The van der Waals surface area contributed by atoms with Gasteiger partial charge in [-0.15, -0.1) is 0 Å². The molecule has 2 amide bonds. The highest BCUT2D eigenvalue weighted by molar-refractivity contribution is 5.75. The quantitative estimate of drug-likeness (QED) is 0.841. The van der Waals surface area contributed by atoms with Gasteiger partial charge in [0, 0.05) is 32.7 Å². The van der Waals surface area contributed by atoms with Crippen LogP contribution in [0, 0.1) is 0 Å². The third-order valence-corrected chi connectivity index (χ3v) is 5.00. The van der Waals surface area contributed by atoms with Crippen LogP contribution in [0.2, 0.25) is 0 Å². The molecule has 2 fully saturated rings. The molecule has 126 valence electrons. The van der Waals surface area contributed by atoms with Crippen LogP contribution in [0.4, 0.5) is 4.79 Å². The maximum absolute atomic E-state index is 13.0. The third-order valence-electron chi connectivity index (χ3n) is 5.00. The summed E-state index contributed by atoms with van der Waals surface area (Å²) in [4.78, 5) is 19.4. The second-order valence-electron chi connectivity index (χ2n) is 6.55. The fourth-order valence-electron chi connectivity index (χ4n) is 3.54. The number of piperidine rings is 1. The van der Waals surface area contributed by atoms with Crippen LogP contribution >= 0.6 is 0 Å². The molecule has 0 radical (unpaired) electrons. The van der Waals surface area contributed by atoms with E-state index < -0.39 is 0 Å². The van der Waals surface area contributed by atoms with Crippen LogP contribution in [0.1, 0.15) is 30.9 Å². The molecule has 23 heavy (non-hydrogen) atoms. The van der Waals surface area contributed by atoms with Gasteiger partial charge in [0.05, 0.1) is 13.2 Å². The summed E-state index contributed by atoms with van der Waals surface area (Å²) >= 11 is 0. The minimum absolute atomic E-state index is 0.172. The molecule has 1 aromatic carbocycles. The molecule has 5 heteroatoms. The lowest BCUT2D eigenvalue weighted by Crippen LogP contribution is -2.53. The van der Waals surface area contributed by atoms with E-state index in [2.05, 4.69) is 29.0 Å². The Bertz CT molecular complexity index is 541. The molecule has 0 saturated carbocycles. The van der Waals surface area contributed by atoms with Crippen LogP contribution in [0.15, 0.2) is 24.3 Å². The SMILES string of the molecule is COc1cccc([C@H]2CCCCN2C(=O)N2CCN(C)CC2)c1. The van der Waals surface area contributed by atoms with Gasteiger partial charge in [0.25, 0.3) is 0 Å². The fourth-order valence-corrected chi connectivity index (χ4v) is 3.54. The smallest absolute Gasteiger partial charge is 0.320 e. The highest BCUT2D eigenvalue weighted by Gasteiger charge is 2.32. The third kappa shape index (κ3) is 3.61. The predicted molar refractivity (Wildman–Crippen MR) is 90.8 cm³/mol. The molecule has 5 nitrogen and oxygen atoms in total. The van der Waals surface area contributed by atoms with Gasteiger partial charge >= 0.3 is 6.03 Å². The number of ether oxygens (including phenoxy) is 1. The molecule has 2 aliphatic heterocycles. The molecule has 2 aliphatic rings. The molecule has 1 atom stereocenters. The number of carbonyl (C=O) groups excluding carboxylic acids is 1. The second kappa shape index (κ2) is 7.21. The van der Waals surface area contributed by atoms with Gasteiger partial charge in [0.15, 0.2) is 0 Å². The number of likely N-dealkylation sites (tertiary alicyclic amines) is 1. The maximum Gasteiger partial charge on any atom is 0.320 e.